The minimum atomic E-state index is -3.49. The molecular formula is C13H21N3O4S. The van der Waals surface area contributed by atoms with Gasteiger partial charge in [0.2, 0.25) is 10.0 Å². The van der Waals surface area contributed by atoms with Crippen LogP contribution in [0.15, 0.2) is 23.2 Å². The highest BCUT2D eigenvalue weighted by atomic mass is 32.2. The second-order valence-corrected chi connectivity index (χ2v) is 6.76. The zero-order valence-corrected chi connectivity index (χ0v) is 12.8. The van der Waals surface area contributed by atoms with Gasteiger partial charge in [0.05, 0.1) is 19.3 Å². The van der Waals surface area contributed by atoms with E-state index in [2.05, 4.69) is 10.3 Å². The summed E-state index contributed by atoms with van der Waals surface area (Å²) in [7, 11) is -1.76. The average Bonchev–Trinajstić information content (AvgIpc) is 2.53. The Labute approximate surface area is 125 Å². The first-order valence-electron chi connectivity index (χ1n) is 6.94. The second kappa shape index (κ2) is 7.17. The highest BCUT2D eigenvalue weighted by Gasteiger charge is 2.29. The molecule has 8 heteroatoms. The number of aromatic nitrogens is 1. The Hall–Kier alpha value is -1.22. The smallest absolute Gasteiger partial charge is 0.244 e. The van der Waals surface area contributed by atoms with Crippen molar-refractivity contribution in [1.82, 2.24) is 9.29 Å². The number of nitrogens with zero attached hydrogens (tertiary/aromatic N) is 2. The molecule has 2 heterocycles. The predicted octanol–water partition coefficient (Wildman–Crippen LogP) is 0.285. The molecule has 2 N–H and O–H groups in total. The Morgan fingerprint density at radius 2 is 2.14 bits per heavy atom. The van der Waals surface area contributed by atoms with Gasteiger partial charge in [-0.15, -0.1) is 0 Å². The summed E-state index contributed by atoms with van der Waals surface area (Å²) in [4.78, 5) is 4.25. The first-order valence-corrected chi connectivity index (χ1v) is 8.38. The van der Waals surface area contributed by atoms with Crippen molar-refractivity contribution in [3.63, 3.8) is 0 Å². The maximum absolute atomic E-state index is 12.5. The summed E-state index contributed by atoms with van der Waals surface area (Å²) in [5.74, 6) is 0.630. The normalized spacial score (nSPS) is 17.8. The minimum absolute atomic E-state index is 0.0119. The van der Waals surface area contributed by atoms with Gasteiger partial charge in [-0.25, -0.2) is 13.4 Å². The second-order valence-electron chi connectivity index (χ2n) is 4.83. The zero-order chi connectivity index (χ0) is 15.3. The van der Waals surface area contributed by atoms with Crippen molar-refractivity contribution < 1.29 is 18.3 Å². The van der Waals surface area contributed by atoms with Gasteiger partial charge >= 0.3 is 0 Å². The van der Waals surface area contributed by atoms with Crippen LogP contribution in [0.4, 0.5) is 5.82 Å². The van der Waals surface area contributed by atoms with Crippen molar-refractivity contribution in [2.75, 3.05) is 38.7 Å². The molecule has 1 saturated heterocycles. The van der Waals surface area contributed by atoms with Crippen LogP contribution >= 0.6 is 0 Å². The molecule has 1 fully saturated rings. The fourth-order valence-corrected chi connectivity index (χ4v) is 3.70. The van der Waals surface area contributed by atoms with Crippen molar-refractivity contribution in [3.8, 4) is 0 Å². The molecule has 7 nitrogen and oxygen atoms in total. The lowest BCUT2D eigenvalue weighted by Gasteiger charge is -2.31. The molecule has 1 aliphatic heterocycles. The molecule has 0 saturated carbocycles. The topological polar surface area (TPSA) is 91.8 Å². The molecule has 118 valence electrons. The summed E-state index contributed by atoms with van der Waals surface area (Å²) in [5, 5.41) is 11.6. The Balaban J connectivity index is 2.00. The summed E-state index contributed by atoms with van der Waals surface area (Å²) >= 11 is 0. The number of nitrogens with one attached hydrogen (secondary N) is 1. The van der Waals surface area contributed by atoms with E-state index in [1.807, 2.05) is 0 Å². The SMILES string of the molecule is CNc1ccc(S(=O)(=O)N2CCC(OCCO)CC2)cn1. The molecule has 0 unspecified atom stereocenters. The van der Waals surface area contributed by atoms with Crippen molar-refractivity contribution in [3.05, 3.63) is 18.3 Å². The Morgan fingerprint density at radius 3 is 2.67 bits per heavy atom. The fourth-order valence-electron chi connectivity index (χ4n) is 2.29. The number of aliphatic hydroxyl groups excluding tert-OH is 1. The summed E-state index contributed by atoms with van der Waals surface area (Å²) in [6.45, 7) is 1.13. The average molecular weight is 315 g/mol. The van der Waals surface area contributed by atoms with E-state index in [1.54, 1.807) is 19.2 Å². The van der Waals surface area contributed by atoms with Crippen LogP contribution in [0.5, 0.6) is 0 Å². The number of aliphatic hydroxyl groups is 1. The van der Waals surface area contributed by atoms with Gasteiger partial charge in [-0.3, -0.25) is 0 Å². The monoisotopic (exact) mass is 315 g/mol. The molecular weight excluding hydrogens is 294 g/mol. The number of sulfonamides is 1. The Morgan fingerprint density at radius 1 is 1.43 bits per heavy atom. The highest BCUT2D eigenvalue weighted by molar-refractivity contribution is 7.89. The lowest BCUT2D eigenvalue weighted by molar-refractivity contribution is 0.00318. The van der Waals surface area contributed by atoms with Crippen LogP contribution in [-0.2, 0) is 14.8 Å². The van der Waals surface area contributed by atoms with Gasteiger partial charge in [0.25, 0.3) is 0 Å². The minimum Gasteiger partial charge on any atom is -0.394 e. The molecule has 0 atom stereocenters. The molecule has 0 aromatic carbocycles. The van der Waals surface area contributed by atoms with Crippen molar-refractivity contribution in [2.45, 2.75) is 23.8 Å². The Kier molecular flexibility index (Phi) is 5.51. The number of piperidine rings is 1. The lowest BCUT2D eigenvalue weighted by Crippen LogP contribution is -2.41. The van der Waals surface area contributed by atoms with E-state index < -0.39 is 10.0 Å². The molecule has 2 rings (SSSR count). The van der Waals surface area contributed by atoms with Gasteiger partial charge in [-0.1, -0.05) is 0 Å². The third-order valence-corrected chi connectivity index (χ3v) is 5.36. The summed E-state index contributed by atoms with van der Waals surface area (Å²) in [6, 6.07) is 3.20. The van der Waals surface area contributed by atoms with Crippen molar-refractivity contribution in [1.29, 1.82) is 0 Å². The summed E-state index contributed by atoms with van der Waals surface area (Å²) in [5.41, 5.74) is 0. The maximum atomic E-state index is 12.5. The first kappa shape index (κ1) is 16.2. The molecule has 0 amide bonds. The molecule has 1 aromatic rings. The van der Waals surface area contributed by atoms with Crippen LogP contribution in [0.25, 0.3) is 0 Å². The molecule has 1 aliphatic rings. The van der Waals surface area contributed by atoms with Gasteiger partial charge in [0.1, 0.15) is 10.7 Å². The van der Waals surface area contributed by atoms with E-state index in [0.29, 0.717) is 38.4 Å². The van der Waals surface area contributed by atoms with Crippen LogP contribution in [-0.4, -0.2) is 62.3 Å². The molecule has 0 spiro atoms. The van der Waals surface area contributed by atoms with E-state index in [9.17, 15) is 8.42 Å². The van der Waals surface area contributed by atoms with Crippen LogP contribution in [0.2, 0.25) is 0 Å². The number of rotatable bonds is 6. The first-order chi connectivity index (χ1) is 10.1. The number of ether oxygens (including phenoxy) is 1. The largest absolute Gasteiger partial charge is 0.394 e. The number of anilines is 1. The van der Waals surface area contributed by atoms with Gasteiger partial charge in [-0.2, -0.15) is 4.31 Å². The lowest BCUT2D eigenvalue weighted by atomic mass is 10.1. The van der Waals surface area contributed by atoms with E-state index in [1.165, 1.54) is 10.5 Å². The standard InChI is InChI=1S/C13H21N3O4S/c1-14-13-3-2-12(10-15-13)21(18,19)16-6-4-11(5-7-16)20-9-8-17/h2-3,10-11,17H,4-9H2,1H3,(H,14,15). The quantitative estimate of drug-likeness (QED) is 0.784. The fraction of sp³-hybridized carbons (Fsp3) is 0.615. The summed E-state index contributed by atoms with van der Waals surface area (Å²) in [6.07, 6.45) is 2.67. The molecule has 21 heavy (non-hydrogen) atoms. The zero-order valence-electron chi connectivity index (χ0n) is 12.0. The van der Waals surface area contributed by atoms with E-state index in [4.69, 9.17) is 9.84 Å². The van der Waals surface area contributed by atoms with E-state index in [0.717, 1.165) is 0 Å². The maximum Gasteiger partial charge on any atom is 0.244 e. The third kappa shape index (κ3) is 3.91. The Bertz CT molecular complexity index is 539. The van der Waals surface area contributed by atoms with Crippen LogP contribution in [0.3, 0.4) is 0 Å². The van der Waals surface area contributed by atoms with Crippen LogP contribution in [0.1, 0.15) is 12.8 Å². The molecule has 0 bridgehead atoms. The number of hydrogen-bond donors (Lipinski definition) is 2. The molecule has 1 aromatic heterocycles. The summed E-state index contributed by atoms with van der Waals surface area (Å²) < 4.78 is 31.9. The van der Waals surface area contributed by atoms with Crippen molar-refractivity contribution >= 4 is 15.8 Å². The molecule has 0 aliphatic carbocycles. The van der Waals surface area contributed by atoms with Crippen molar-refractivity contribution in [2.24, 2.45) is 0 Å². The van der Waals surface area contributed by atoms with Crippen LogP contribution in [0, 0.1) is 0 Å². The van der Waals surface area contributed by atoms with Gasteiger partial charge in [-0.05, 0) is 25.0 Å². The van der Waals surface area contributed by atoms with E-state index >= 15 is 0 Å². The predicted molar refractivity (Wildman–Crippen MR) is 78.6 cm³/mol. The van der Waals surface area contributed by atoms with Gasteiger partial charge in [0.15, 0.2) is 0 Å². The van der Waals surface area contributed by atoms with Gasteiger partial charge in [0, 0.05) is 26.3 Å². The molecule has 0 radical (unpaired) electrons. The number of pyridine rings is 1. The van der Waals surface area contributed by atoms with Gasteiger partial charge < -0.3 is 15.2 Å². The number of hydrogen-bond acceptors (Lipinski definition) is 6. The highest BCUT2D eigenvalue weighted by Crippen LogP contribution is 2.22. The van der Waals surface area contributed by atoms with Crippen LogP contribution < -0.4 is 5.32 Å². The third-order valence-electron chi connectivity index (χ3n) is 3.48. The van der Waals surface area contributed by atoms with E-state index in [-0.39, 0.29) is 17.6 Å².